The van der Waals surface area contributed by atoms with Gasteiger partial charge >= 0.3 is 5.97 Å². The van der Waals surface area contributed by atoms with Gasteiger partial charge in [-0.25, -0.2) is 0 Å². The van der Waals surface area contributed by atoms with E-state index in [2.05, 4.69) is 19.2 Å². The van der Waals surface area contributed by atoms with Crippen LogP contribution in [0, 0.1) is 22.7 Å². The summed E-state index contributed by atoms with van der Waals surface area (Å²) in [5, 5.41) is 3.24. The van der Waals surface area contributed by atoms with Crippen molar-refractivity contribution >= 4 is 17.7 Å². The van der Waals surface area contributed by atoms with Gasteiger partial charge in [0.05, 0.1) is 6.10 Å². The first kappa shape index (κ1) is 19.0. The van der Waals surface area contributed by atoms with E-state index in [1.807, 2.05) is 6.08 Å². The third kappa shape index (κ3) is 2.02. The molecule has 4 aliphatic carbocycles. The number of epoxide rings is 1. The lowest BCUT2D eigenvalue weighted by Gasteiger charge is -2.59. The zero-order valence-electron chi connectivity index (χ0n) is 18.1. The van der Waals surface area contributed by atoms with Gasteiger partial charge in [0.25, 0.3) is 0 Å². The molecular weight excluding hydrogens is 382 g/mol. The molecule has 0 aromatic heterocycles. The molecule has 2 aliphatic heterocycles. The standard InChI is InChI=1S/C24H31NO5/c1-13(26)25-17-11-14-10-15(27)4-7-21(14,2)24-18(29-24)12-22(3)16(20(17)24)5-8-23(22)9-6-19(28)30-23/h10,16-18,20H,4-9,11-12H2,1-3H3,(H,25,26)/t16?,17-,18+,20?,21+,22+,23-,24-/m1/s1. The van der Waals surface area contributed by atoms with E-state index in [1.54, 1.807) is 6.92 Å². The molecule has 3 saturated carbocycles. The van der Waals surface area contributed by atoms with Gasteiger partial charge in [-0.3, -0.25) is 14.4 Å². The molecule has 1 N–H and O–H groups in total. The maximum absolute atomic E-state index is 12.2. The second kappa shape index (κ2) is 5.56. The van der Waals surface area contributed by atoms with Crippen molar-refractivity contribution in [1.82, 2.24) is 5.32 Å². The van der Waals surface area contributed by atoms with Crippen LogP contribution in [0.15, 0.2) is 11.6 Å². The van der Waals surface area contributed by atoms with Crippen LogP contribution in [0.1, 0.15) is 72.1 Å². The maximum atomic E-state index is 12.2. The van der Waals surface area contributed by atoms with Crippen LogP contribution in [0.25, 0.3) is 0 Å². The Labute approximate surface area is 177 Å². The van der Waals surface area contributed by atoms with E-state index in [0.717, 1.165) is 37.7 Å². The number of hydrogen-bond donors (Lipinski definition) is 1. The van der Waals surface area contributed by atoms with Crippen LogP contribution in [0.3, 0.4) is 0 Å². The molecule has 0 aromatic rings. The molecule has 2 heterocycles. The van der Waals surface area contributed by atoms with E-state index < -0.39 is 0 Å². The fourth-order valence-electron chi connectivity index (χ4n) is 8.71. The molecular formula is C24H31NO5. The average Bonchev–Trinajstić information content (AvgIpc) is 3.15. The number of amides is 1. The lowest BCUT2D eigenvalue weighted by molar-refractivity contribution is -0.165. The number of carbonyl (C=O) groups excluding carboxylic acids is 3. The van der Waals surface area contributed by atoms with Crippen molar-refractivity contribution in [3.63, 3.8) is 0 Å². The number of carbonyl (C=O) groups is 3. The monoisotopic (exact) mass is 413 g/mol. The summed E-state index contributed by atoms with van der Waals surface area (Å²) in [6, 6.07) is -0.0467. The van der Waals surface area contributed by atoms with Crippen LogP contribution in [0.4, 0.5) is 0 Å². The van der Waals surface area contributed by atoms with Crippen molar-refractivity contribution in [2.24, 2.45) is 22.7 Å². The van der Waals surface area contributed by atoms with Crippen molar-refractivity contribution in [3.8, 4) is 0 Å². The Hall–Kier alpha value is -1.69. The van der Waals surface area contributed by atoms with Crippen molar-refractivity contribution in [3.05, 3.63) is 11.6 Å². The van der Waals surface area contributed by atoms with Crippen molar-refractivity contribution < 1.29 is 23.9 Å². The summed E-state index contributed by atoms with van der Waals surface area (Å²) in [6.07, 6.45) is 8.13. The second-order valence-electron chi connectivity index (χ2n) is 11.1. The van der Waals surface area contributed by atoms with Crippen LogP contribution in [0.5, 0.6) is 0 Å². The van der Waals surface area contributed by atoms with Crippen LogP contribution in [-0.4, -0.2) is 41.0 Å². The maximum Gasteiger partial charge on any atom is 0.306 e. The van der Waals surface area contributed by atoms with Crippen LogP contribution in [-0.2, 0) is 23.9 Å². The highest BCUT2D eigenvalue weighted by atomic mass is 16.6. The normalized spacial score (nSPS) is 53.2. The molecule has 6 nitrogen and oxygen atoms in total. The zero-order valence-corrected chi connectivity index (χ0v) is 18.1. The molecule has 5 fully saturated rings. The molecule has 6 aliphatic rings. The number of ketones is 1. The highest BCUT2D eigenvalue weighted by Crippen LogP contribution is 2.77. The van der Waals surface area contributed by atoms with Gasteiger partial charge in [0.15, 0.2) is 5.78 Å². The van der Waals surface area contributed by atoms with Gasteiger partial charge in [0.1, 0.15) is 11.2 Å². The first-order valence-electron chi connectivity index (χ1n) is 11.6. The molecule has 6 rings (SSSR count). The summed E-state index contributed by atoms with van der Waals surface area (Å²) in [4.78, 5) is 36.5. The lowest BCUT2D eigenvalue weighted by atomic mass is 9.45. The van der Waals surface area contributed by atoms with E-state index in [1.165, 1.54) is 0 Å². The third-order valence-electron chi connectivity index (χ3n) is 10.1. The van der Waals surface area contributed by atoms with E-state index in [4.69, 9.17) is 9.47 Å². The Bertz CT molecular complexity index is 911. The molecule has 30 heavy (non-hydrogen) atoms. The minimum absolute atomic E-state index is 0.0361. The lowest BCUT2D eigenvalue weighted by Crippen LogP contribution is -2.66. The largest absolute Gasteiger partial charge is 0.458 e. The van der Waals surface area contributed by atoms with Crippen LogP contribution < -0.4 is 5.32 Å². The Balaban J connectivity index is 1.47. The van der Waals surface area contributed by atoms with Crippen LogP contribution >= 0.6 is 0 Å². The fourth-order valence-corrected chi connectivity index (χ4v) is 8.71. The number of fused-ring (bicyclic) bond motifs is 4. The quantitative estimate of drug-likeness (QED) is 0.528. The summed E-state index contributed by atoms with van der Waals surface area (Å²) >= 11 is 0. The first-order chi connectivity index (χ1) is 14.2. The fraction of sp³-hybridized carbons (Fsp3) is 0.792. The molecule has 2 unspecified atom stereocenters. The molecule has 0 radical (unpaired) electrons. The predicted octanol–water partition coefficient (Wildman–Crippen LogP) is 2.84. The summed E-state index contributed by atoms with van der Waals surface area (Å²) in [6.45, 7) is 6.16. The Morgan fingerprint density at radius 3 is 2.67 bits per heavy atom. The van der Waals surface area contributed by atoms with Gasteiger partial charge in [0.2, 0.25) is 5.91 Å². The van der Waals surface area contributed by atoms with E-state index in [0.29, 0.717) is 25.2 Å². The molecule has 0 aromatic carbocycles. The summed E-state index contributed by atoms with van der Waals surface area (Å²) < 4.78 is 12.7. The SMILES string of the molecule is CC(=O)N[C@@H]1CC2=CC(=O)CC[C@]2(C)[C@@]23O[C@H]2C[C@@]2(C)C(CC[C@@]24CCC(=O)O4)C13. The molecule has 162 valence electrons. The highest BCUT2D eigenvalue weighted by molar-refractivity contribution is 5.92. The Morgan fingerprint density at radius 1 is 1.17 bits per heavy atom. The van der Waals surface area contributed by atoms with Gasteiger partial charge in [-0.15, -0.1) is 0 Å². The van der Waals surface area contributed by atoms with E-state index in [9.17, 15) is 14.4 Å². The van der Waals surface area contributed by atoms with Gasteiger partial charge in [-0.2, -0.15) is 0 Å². The van der Waals surface area contributed by atoms with Gasteiger partial charge in [-0.05, 0) is 50.5 Å². The topological polar surface area (TPSA) is 85.0 Å². The molecule has 6 heteroatoms. The summed E-state index contributed by atoms with van der Waals surface area (Å²) in [5.74, 6) is 0.588. The Morgan fingerprint density at radius 2 is 1.97 bits per heavy atom. The molecule has 2 spiro atoms. The van der Waals surface area contributed by atoms with Gasteiger partial charge in [-0.1, -0.05) is 19.4 Å². The minimum Gasteiger partial charge on any atom is -0.458 e. The number of ether oxygens (including phenoxy) is 2. The molecule has 2 saturated heterocycles. The molecule has 8 atom stereocenters. The van der Waals surface area contributed by atoms with Crippen molar-refractivity contribution in [2.75, 3.05) is 0 Å². The van der Waals surface area contributed by atoms with Gasteiger partial charge < -0.3 is 14.8 Å². The molecule has 1 amide bonds. The number of esters is 1. The van der Waals surface area contributed by atoms with E-state index in [-0.39, 0.29) is 57.8 Å². The summed E-state index contributed by atoms with van der Waals surface area (Å²) in [5.41, 5.74) is 0.165. The average molecular weight is 414 g/mol. The molecule has 0 bridgehead atoms. The number of hydrogen-bond acceptors (Lipinski definition) is 5. The first-order valence-corrected chi connectivity index (χ1v) is 11.6. The highest BCUT2D eigenvalue weighted by Gasteiger charge is 2.83. The van der Waals surface area contributed by atoms with Crippen molar-refractivity contribution in [1.29, 1.82) is 0 Å². The van der Waals surface area contributed by atoms with Crippen LogP contribution in [0.2, 0.25) is 0 Å². The smallest absolute Gasteiger partial charge is 0.306 e. The summed E-state index contributed by atoms with van der Waals surface area (Å²) in [7, 11) is 0. The third-order valence-corrected chi connectivity index (χ3v) is 10.1. The van der Waals surface area contributed by atoms with E-state index >= 15 is 0 Å². The number of nitrogens with one attached hydrogen (secondary N) is 1. The zero-order chi connectivity index (χ0) is 21.1. The Kier molecular flexibility index (Phi) is 3.53. The number of rotatable bonds is 1. The minimum atomic E-state index is -0.382. The van der Waals surface area contributed by atoms with Gasteiger partial charge in [0, 0.05) is 42.6 Å². The predicted molar refractivity (Wildman–Crippen MR) is 107 cm³/mol. The second-order valence-corrected chi connectivity index (χ2v) is 11.1. The van der Waals surface area contributed by atoms with Crippen molar-refractivity contribution in [2.45, 2.75) is 95.5 Å².